The minimum Gasteiger partial charge on any atom is -0.341 e. The van der Waals surface area contributed by atoms with Gasteiger partial charge in [0, 0.05) is 30.8 Å². The Hall–Kier alpha value is -2.28. The Morgan fingerprint density at radius 3 is 3.00 bits per heavy atom. The maximum absolute atomic E-state index is 13.2. The Labute approximate surface area is 161 Å². The maximum atomic E-state index is 13.2. The van der Waals surface area contributed by atoms with Crippen molar-refractivity contribution in [3.63, 3.8) is 0 Å². The van der Waals surface area contributed by atoms with E-state index in [1.54, 1.807) is 16.3 Å². The molecule has 6 nitrogen and oxygen atoms in total. The van der Waals surface area contributed by atoms with Crippen LogP contribution in [0.15, 0.2) is 34.2 Å². The van der Waals surface area contributed by atoms with E-state index in [9.17, 15) is 9.59 Å². The van der Waals surface area contributed by atoms with Crippen LogP contribution in [0.2, 0.25) is 0 Å². The van der Waals surface area contributed by atoms with Crippen molar-refractivity contribution in [2.75, 3.05) is 18.8 Å². The molecule has 1 amide bonds. The van der Waals surface area contributed by atoms with Crippen LogP contribution in [0.4, 0.5) is 0 Å². The van der Waals surface area contributed by atoms with Crippen molar-refractivity contribution in [1.29, 1.82) is 0 Å². The van der Waals surface area contributed by atoms with Crippen molar-refractivity contribution in [2.45, 2.75) is 38.0 Å². The number of thioether (sulfide) groups is 1. The van der Waals surface area contributed by atoms with Crippen molar-refractivity contribution in [1.82, 2.24) is 19.0 Å². The molecular weight excluding hydrogens is 360 g/mol. The highest BCUT2D eigenvalue weighted by atomic mass is 32.2. The van der Waals surface area contributed by atoms with Crippen LogP contribution in [-0.2, 0) is 17.9 Å². The first-order valence-electron chi connectivity index (χ1n) is 9.56. The van der Waals surface area contributed by atoms with Gasteiger partial charge in [-0.3, -0.25) is 14.2 Å². The van der Waals surface area contributed by atoms with Crippen molar-refractivity contribution in [3.8, 4) is 0 Å². The van der Waals surface area contributed by atoms with Gasteiger partial charge in [0.2, 0.25) is 5.91 Å². The second kappa shape index (κ2) is 6.41. The largest absolute Gasteiger partial charge is 0.341 e. The quantitative estimate of drug-likeness (QED) is 0.640. The fourth-order valence-electron chi connectivity index (χ4n) is 4.34. The van der Waals surface area contributed by atoms with Crippen LogP contribution in [0.25, 0.3) is 21.9 Å². The summed E-state index contributed by atoms with van der Waals surface area (Å²) in [6.45, 7) is 4.68. The molecule has 1 aromatic carbocycles. The molecule has 5 rings (SSSR count). The molecule has 1 saturated heterocycles. The van der Waals surface area contributed by atoms with Crippen LogP contribution >= 0.6 is 11.8 Å². The van der Waals surface area contributed by atoms with Gasteiger partial charge >= 0.3 is 0 Å². The van der Waals surface area contributed by atoms with Crippen molar-refractivity contribution >= 4 is 39.6 Å². The molecule has 7 heteroatoms. The lowest BCUT2D eigenvalue weighted by Crippen LogP contribution is -2.41. The highest BCUT2D eigenvalue weighted by Crippen LogP contribution is 2.30. The highest BCUT2D eigenvalue weighted by molar-refractivity contribution is 7.99. The smallest absolute Gasteiger partial charge is 0.278 e. The number of nitrogens with zero attached hydrogens (tertiary/aromatic N) is 4. The molecule has 4 heterocycles. The Morgan fingerprint density at radius 2 is 2.15 bits per heavy atom. The van der Waals surface area contributed by atoms with E-state index >= 15 is 0 Å². The summed E-state index contributed by atoms with van der Waals surface area (Å²) in [4.78, 5) is 32.9. The van der Waals surface area contributed by atoms with Gasteiger partial charge in [-0.1, -0.05) is 36.9 Å². The molecule has 1 fully saturated rings. The number of rotatable bonds is 2. The third-order valence-corrected chi connectivity index (χ3v) is 6.64. The number of amides is 1. The van der Waals surface area contributed by atoms with Gasteiger partial charge in [-0.25, -0.2) is 4.98 Å². The van der Waals surface area contributed by atoms with Crippen molar-refractivity contribution in [3.05, 3.63) is 34.6 Å². The zero-order chi connectivity index (χ0) is 18.5. The Bertz CT molecular complexity index is 1120. The fraction of sp³-hybridized carbons (Fsp3) is 0.450. The molecule has 140 valence electrons. The number of carbonyl (C=O) groups excluding carboxylic acids is 1. The SMILES string of the molecule is C[C@@H]1CCCN(C(=O)Cn2c3ccccc3c3nc4n(c(=O)c32)CCS4)C1. The number of hydrogen-bond acceptors (Lipinski definition) is 4. The molecule has 0 unspecified atom stereocenters. The summed E-state index contributed by atoms with van der Waals surface area (Å²) >= 11 is 1.62. The lowest BCUT2D eigenvalue weighted by Gasteiger charge is -2.31. The molecule has 0 spiro atoms. The number of piperidine rings is 1. The number of likely N-dealkylation sites (tertiary alicyclic amines) is 1. The van der Waals surface area contributed by atoms with Crippen LogP contribution in [0.1, 0.15) is 19.8 Å². The molecule has 1 atom stereocenters. The topological polar surface area (TPSA) is 60.1 Å². The standard InChI is InChI=1S/C20H22N4O2S/c1-13-5-4-8-22(11-13)16(25)12-24-15-7-3-2-6-14(15)17-18(24)19(26)23-9-10-27-20(23)21-17/h2-3,6-7,13H,4-5,8-12H2,1H3/t13-/m1/s1. The number of aromatic nitrogens is 3. The van der Waals surface area contributed by atoms with Gasteiger partial charge in [-0.2, -0.15) is 0 Å². The van der Waals surface area contributed by atoms with Crippen molar-refractivity contribution in [2.24, 2.45) is 5.92 Å². The second-order valence-electron chi connectivity index (χ2n) is 7.59. The number of hydrogen-bond donors (Lipinski definition) is 0. The molecule has 2 aliphatic rings. The highest BCUT2D eigenvalue weighted by Gasteiger charge is 2.26. The molecule has 3 aromatic rings. The van der Waals surface area contributed by atoms with Crippen LogP contribution in [0.3, 0.4) is 0 Å². The number of carbonyl (C=O) groups is 1. The van der Waals surface area contributed by atoms with Crippen LogP contribution in [0, 0.1) is 5.92 Å². The minimum absolute atomic E-state index is 0.0315. The van der Waals surface area contributed by atoms with Crippen molar-refractivity contribution < 1.29 is 4.79 Å². The van der Waals surface area contributed by atoms with Crippen LogP contribution in [0.5, 0.6) is 0 Å². The van der Waals surface area contributed by atoms with Gasteiger partial charge in [0.15, 0.2) is 5.16 Å². The van der Waals surface area contributed by atoms with Crippen LogP contribution < -0.4 is 5.56 Å². The number of para-hydroxylation sites is 1. The van der Waals surface area contributed by atoms with Gasteiger partial charge in [0.25, 0.3) is 5.56 Å². The lowest BCUT2D eigenvalue weighted by atomic mass is 10.0. The van der Waals surface area contributed by atoms with Gasteiger partial charge in [0.05, 0.1) is 5.52 Å². The van der Waals surface area contributed by atoms with E-state index in [0.717, 1.165) is 46.8 Å². The predicted octanol–water partition coefficient (Wildman–Crippen LogP) is 2.72. The Balaban J connectivity index is 1.66. The third kappa shape index (κ3) is 2.67. The zero-order valence-corrected chi connectivity index (χ0v) is 16.2. The van der Waals surface area contributed by atoms with E-state index in [0.29, 0.717) is 18.0 Å². The molecule has 27 heavy (non-hydrogen) atoms. The summed E-state index contributed by atoms with van der Waals surface area (Å²) in [6, 6.07) is 7.88. The van der Waals surface area contributed by atoms with E-state index in [1.165, 1.54) is 6.42 Å². The normalized spacial score (nSPS) is 19.7. The van der Waals surface area contributed by atoms with E-state index in [2.05, 4.69) is 6.92 Å². The molecule has 0 bridgehead atoms. The summed E-state index contributed by atoms with van der Waals surface area (Å²) in [6.07, 6.45) is 2.23. The van der Waals surface area contributed by atoms with E-state index in [1.807, 2.05) is 33.7 Å². The first-order chi connectivity index (χ1) is 13.1. The van der Waals surface area contributed by atoms with E-state index < -0.39 is 0 Å². The summed E-state index contributed by atoms with van der Waals surface area (Å²) in [7, 11) is 0. The minimum atomic E-state index is -0.0315. The summed E-state index contributed by atoms with van der Waals surface area (Å²) in [5.74, 6) is 1.49. The molecule has 0 aliphatic carbocycles. The predicted molar refractivity (Wildman–Crippen MR) is 107 cm³/mol. The average molecular weight is 382 g/mol. The summed E-state index contributed by atoms with van der Waals surface area (Å²) < 4.78 is 3.63. The molecule has 0 N–H and O–H groups in total. The summed E-state index contributed by atoms with van der Waals surface area (Å²) in [5, 5.41) is 1.73. The molecule has 2 aliphatic heterocycles. The second-order valence-corrected chi connectivity index (χ2v) is 8.65. The summed E-state index contributed by atoms with van der Waals surface area (Å²) in [5.41, 5.74) is 2.15. The first-order valence-corrected chi connectivity index (χ1v) is 10.5. The van der Waals surface area contributed by atoms with Gasteiger partial charge in [-0.15, -0.1) is 0 Å². The monoisotopic (exact) mass is 382 g/mol. The van der Waals surface area contributed by atoms with Gasteiger partial charge in [-0.05, 0) is 24.8 Å². The van der Waals surface area contributed by atoms with E-state index in [4.69, 9.17) is 4.98 Å². The maximum Gasteiger partial charge on any atom is 0.278 e. The van der Waals surface area contributed by atoms with E-state index in [-0.39, 0.29) is 18.0 Å². The lowest BCUT2D eigenvalue weighted by molar-refractivity contribution is -0.133. The Morgan fingerprint density at radius 1 is 1.30 bits per heavy atom. The first kappa shape index (κ1) is 16.9. The molecular formula is C20H22N4O2S. The molecule has 0 radical (unpaired) electrons. The Kier molecular flexibility index (Phi) is 4.00. The van der Waals surface area contributed by atoms with Gasteiger partial charge in [0.1, 0.15) is 17.6 Å². The number of fused-ring (bicyclic) bond motifs is 4. The zero-order valence-electron chi connectivity index (χ0n) is 15.4. The third-order valence-electron chi connectivity index (χ3n) is 5.68. The van der Waals surface area contributed by atoms with Crippen LogP contribution in [-0.4, -0.2) is 43.8 Å². The molecule has 2 aromatic heterocycles. The fourth-order valence-corrected chi connectivity index (χ4v) is 5.28. The van der Waals surface area contributed by atoms with Gasteiger partial charge < -0.3 is 9.47 Å². The average Bonchev–Trinajstić information content (AvgIpc) is 3.26. The molecule has 0 saturated carbocycles. The number of benzene rings is 1.